The number of benzene rings is 1. The Labute approximate surface area is 141 Å². The largest absolute Gasteiger partial charge is 0.379 e. The highest BCUT2D eigenvalue weighted by atomic mass is 19.1. The molecule has 1 fully saturated rings. The zero-order valence-electron chi connectivity index (χ0n) is 14.0. The fourth-order valence-corrected chi connectivity index (χ4v) is 2.77. The Bertz CT molecular complexity index is 617. The quantitative estimate of drug-likeness (QED) is 0.857. The summed E-state index contributed by atoms with van der Waals surface area (Å²) in [6.07, 6.45) is 0. The molecule has 2 N–H and O–H groups in total. The molecule has 0 saturated carbocycles. The van der Waals surface area contributed by atoms with Crippen LogP contribution in [-0.4, -0.2) is 49.3 Å². The number of nitriles is 1. The van der Waals surface area contributed by atoms with Gasteiger partial charge in [0.1, 0.15) is 5.82 Å². The number of hydrogen-bond acceptors (Lipinski definition) is 4. The molecular formula is C17H23FN4O2. The molecule has 7 heteroatoms. The smallest absolute Gasteiger partial charge is 0.315 e. The number of amides is 2. The average molecular weight is 334 g/mol. The molecule has 0 aliphatic carbocycles. The maximum atomic E-state index is 13.7. The van der Waals surface area contributed by atoms with Crippen LogP contribution in [0.3, 0.4) is 0 Å². The fraction of sp³-hybridized carbons (Fsp3) is 0.529. The van der Waals surface area contributed by atoms with Crippen LogP contribution in [0.15, 0.2) is 18.2 Å². The van der Waals surface area contributed by atoms with E-state index in [1.807, 2.05) is 6.07 Å². The summed E-state index contributed by atoms with van der Waals surface area (Å²) >= 11 is 0. The van der Waals surface area contributed by atoms with Crippen molar-refractivity contribution in [2.24, 2.45) is 0 Å². The van der Waals surface area contributed by atoms with Crippen molar-refractivity contribution in [1.82, 2.24) is 15.5 Å². The lowest BCUT2D eigenvalue weighted by Crippen LogP contribution is -2.52. The number of morpholine rings is 1. The van der Waals surface area contributed by atoms with E-state index in [0.29, 0.717) is 36.9 Å². The van der Waals surface area contributed by atoms with E-state index < -0.39 is 5.82 Å². The molecule has 0 radical (unpaired) electrons. The highest BCUT2D eigenvalue weighted by molar-refractivity contribution is 5.73. The van der Waals surface area contributed by atoms with E-state index in [1.165, 1.54) is 18.2 Å². The molecular weight excluding hydrogens is 311 g/mol. The Morgan fingerprint density at radius 2 is 2.33 bits per heavy atom. The van der Waals surface area contributed by atoms with Gasteiger partial charge < -0.3 is 15.4 Å². The van der Waals surface area contributed by atoms with Gasteiger partial charge in [0.2, 0.25) is 0 Å². The molecule has 2 rings (SSSR count). The van der Waals surface area contributed by atoms with E-state index in [1.54, 1.807) is 0 Å². The summed E-state index contributed by atoms with van der Waals surface area (Å²) in [5.74, 6) is -0.440. The summed E-state index contributed by atoms with van der Waals surface area (Å²) < 4.78 is 19.1. The number of carbonyl (C=O) groups is 1. The van der Waals surface area contributed by atoms with Gasteiger partial charge in [-0.15, -0.1) is 0 Å². The first-order valence-electron chi connectivity index (χ1n) is 8.05. The zero-order chi connectivity index (χ0) is 17.5. The van der Waals surface area contributed by atoms with Gasteiger partial charge in [0.25, 0.3) is 0 Å². The number of hydrogen-bond donors (Lipinski definition) is 2. The normalized spacial score (nSPS) is 19.3. The van der Waals surface area contributed by atoms with Gasteiger partial charge in [-0.1, -0.05) is 0 Å². The van der Waals surface area contributed by atoms with E-state index in [0.717, 1.165) is 6.54 Å². The summed E-state index contributed by atoms with van der Waals surface area (Å²) in [6, 6.07) is 6.18. The minimum Gasteiger partial charge on any atom is -0.379 e. The van der Waals surface area contributed by atoms with Crippen LogP contribution >= 0.6 is 0 Å². The molecule has 1 saturated heterocycles. The first-order chi connectivity index (χ1) is 11.5. The lowest BCUT2D eigenvalue weighted by molar-refractivity contribution is -0.0176. The number of urea groups is 1. The molecule has 130 valence electrons. The fourth-order valence-electron chi connectivity index (χ4n) is 2.77. The number of rotatable bonds is 5. The second kappa shape index (κ2) is 8.62. The third kappa shape index (κ3) is 4.91. The van der Waals surface area contributed by atoms with Crippen LogP contribution in [0.25, 0.3) is 0 Å². The molecule has 24 heavy (non-hydrogen) atoms. The summed E-state index contributed by atoms with van der Waals surface area (Å²) in [7, 11) is 0. The van der Waals surface area contributed by atoms with Gasteiger partial charge in [0.05, 0.1) is 24.8 Å². The Kier molecular flexibility index (Phi) is 6.53. The van der Waals surface area contributed by atoms with E-state index >= 15 is 0 Å². The standard InChI is InChI=1S/C17H23FN4O2/c1-12(22-5-6-24-11-13(22)2)9-20-17(23)21-10-15-7-14(8-19)3-4-16(15)18/h3-4,7,12-13H,5-6,9-11H2,1-2H3,(H2,20,21,23)/t12-,13+/m1/s1. The van der Waals surface area contributed by atoms with Crippen LogP contribution in [0.1, 0.15) is 25.0 Å². The SMILES string of the molecule is C[C@H](CNC(=O)NCc1cc(C#N)ccc1F)N1CCOC[C@@H]1C. The highest BCUT2D eigenvalue weighted by Gasteiger charge is 2.23. The van der Waals surface area contributed by atoms with Crippen molar-refractivity contribution in [1.29, 1.82) is 5.26 Å². The minimum absolute atomic E-state index is 0.0372. The van der Waals surface area contributed by atoms with Crippen LogP contribution in [-0.2, 0) is 11.3 Å². The van der Waals surface area contributed by atoms with Crippen molar-refractivity contribution < 1.29 is 13.9 Å². The lowest BCUT2D eigenvalue weighted by Gasteiger charge is -2.37. The topological polar surface area (TPSA) is 77.4 Å². The number of nitrogens with one attached hydrogen (secondary N) is 2. The molecule has 0 bridgehead atoms. The molecule has 2 atom stereocenters. The van der Waals surface area contributed by atoms with Crippen LogP contribution in [0.2, 0.25) is 0 Å². The Morgan fingerprint density at radius 1 is 1.54 bits per heavy atom. The van der Waals surface area contributed by atoms with Crippen molar-refractivity contribution in [3.8, 4) is 6.07 Å². The molecule has 6 nitrogen and oxygen atoms in total. The van der Waals surface area contributed by atoms with E-state index in [9.17, 15) is 9.18 Å². The summed E-state index contributed by atoms with van der Waals surface area (Å²) in [6.45, 7) is 6.93. The van der Waals surface area contributed by atoms with Gasteiger partial charge in [-0.2, -0.15) is 5.26 Å². The highest BCUT2D eigenvalue weighted by Crippen LogP contribution is 2.11. The summed E-state index contributed by atoms with van der Waals surface area (Å²) in [5, 5.41) is 14.3. The van der Waals surface area contributed by atoms with Gasteiger partial charge in [-0.3, -0.25) is 4.90 Å². The van der Waals surface area contributed by atoms with Crippen LogP contribution in [0.4, 0.5) is 9.18 Å². The van der Waals surface area contributed by atoms with Crippen molar-refractivity contribution in [2.45, 2.75) is 32.5 Å². The third-order valence-electron chi connectivity index (χ3n) is 4.16. The molecule has 0 spiro atoms. The van der Waals surface area contributed by atoms with E-state index in [4.69, 9.17) is 10.00 Å². The van der Waals surface area contributed by atoms with Gasteiger partial charge in [0, 0.05) is 37.3 Å². The molecule has 0 aromatic heterocycles. The summed E-state index contributed by atoms with van der Waals surface area (Å²) in [5.41, 5.74) is 0.655. The molecule has 1 aliphatic heterocycles. The van der Waals surface area contributed by atoms with Crippen LogP contribution < -0.4 is 10.6 Å². The Hall–Kier alpha value is -2.17. The predicted molar refractivity (Wildman–Crippen MR) is 87.8 cm³/mol. The molecule has 1 heterocycles. The van der Waals surface area contributed by atoms with Crippen LogP contribution in [0, 0.1) is 17.1 Å². The Morgan fingerprint density at radius 3 is 3.04 bits per heavy atom. The first-order valence-corrected chi connectivity index (χ1v) is 8.05. The van der Waals surface area contributed by atoms with Gasteiger partial charge in [-0.25, -0.2) is 9.18 Å². The molecule has 1 aromatic rings. The number of ether oxygens (including phenoxy) is 1. The Balaban J connectivity index is 1.78. The van der Waals surface area contributed by atoms with Gasteiger partial charge in [0.15, 0.2) is 0 Å². The summed E-state index contributed by atoms with van der Waals surface area (Å²) in [4.78, 5) is 14.2. The number of carbonyl (C=O) groups excluding carboxylic acids is 1. The van der Waals surface area contributed by atoms with Crippen molar-refractivity contribution >= 4 is 6.03 Å². The second-order valence-corrected chi connectivity index (χ2v) is 5.99. The van der Waals surface area contributed by atoms with E-state index in [2.05, 4.69) is 29.4 Å². The number of halogens is 1. The van der Waals surface area contributed by atoms with Gasteiger partial charge in [-0.05, 0) is 32.0 Å². The molecule has 1 aliphatic rings. The predicted octanol–water partition coefficient (Wildman–Crippen LogP) is 1.61. The zero-order valence-corrected chi connectivity index (χ0v) is 14.0. The van der Waals surface area contributed by atoms with Gasteiger partial charge >= 0.3 is 6.03 Å². The maximum Gasteiger partial charge on any atom is 0.315 e. The molecule has 2 amide bonds. The van der Waals surface area contributed by atoms with Crippen molar-refractivity contribution in [2.75, 3.05) is 26.3 Å². The van der Waals surface area contributed by atoms with Crippen molar-refractivity contribution in [3.63, 3.8) is 0 Å². The monoisotopic (exact) mass is 334 g/mol. The minimum atomic E-state index is -0.440. The third-order valence-corrected chi connectivity index (χ3v) is 4.16. The molecule has 1 aromatic carbocycles. The van der Waals surface area contributed by atoms with E-state index in [-0.39, 0.29) is 18.6 Å². The second-order valence-electron chi connectivity index (χ2n) is 5.99. The maximum absolute atomic E-state index is 13.7. The van der Waals surface area contributed by atoms with Crippen molar-refractivity contribution in [3.05, 3.63) is 35.1 Å². The molecule has 0 unspecified atom stereocenters. The lowest BCUT2D eigenvalue weighted by atomic mass is 10.1. The first kappa shape index (κ1) is 18.2. The number of nitrogens with zero attached hydrogens (tertiary/aromatic N) is 2. The van der Waals surface area contributed by atoms with Crippen LogP contribution in [0.5, 0.6) is 0 Å². The average Bonchev–Trinajstić information content (AvgIpc) is 2.59.